The highest BCUT2D eigenvalue weighted by atomic mass is 16.1. The standard InChI is InChI=1S/C21H28N2O/c1-4-8-16(2)15-21(24)23-20-13-11-19(12-14-20)22-17(3)18-9-6-5-7-10-18/h5-7,9-14,16-17,22H,4,8,15H2,1-3H3,(H,23,24). The summed E-state index contributed by atoms with van der Waals surface area (Å²) in [4.78, 5) is 12.0. The second kappa shape index (κ2) is 9.11. The first-order valence-electron chi connectivity index (χ1n) is 8.80. The van der Waals surface area contributed by atoms with E-state index < -0.39 is 0 Å². The molecule has 0 aliphatic heterocycles. The maximum absolute atomic E-state index is 12.0. The van der Waals surface area contributed by atoms with Gasteiger partial charge in [0.1, 0.15) is 0 Å². The number of benzene rings is 2. The molecule has 0 aliphatic carbocycles. The average Bonchev–Trinajstić information content (AvgIpc) is 2.57. The summed E-state index contributed by atoms with van der Waals surface area (Å²) in [5.74, 6) is 0.525. The lowest BCUT2D eigenvalue weighted by Gasteiger charge is -2.16. The van der Waals surface area contributed by atoms with Crippen molar-refractivity contribution in [1.82, 2.24) is 0 Å². The van der Waals surface area contributed by atoms with E-state index in [1.54, 1.807) is 0 Å². The summed E-state index contributed by atoms with van der Waals surface area (Å²) >= 11 is 0. The van der Waals surface area contributed by atoms with Crippen LogP contribution < -0.4 is 10.6 Å². The molecule has 3 nitrogen and oxygen atoms in total. The highest BCUT2D eigenvalue weighted by Crippen LogP contribution is 2.21. The van der Waals surface area contributed by atoms with Gasteiger partial charge in [-0.3, -0.25) is 4.79 Å². The van der Waals surface area contributed by atoms with Gasteiger partial charge in [0, 0.05) is 23.8 Å². The molecule has 0 aromatic heterocycles. The number of carbonyl (C=O) groups is 1. The molecule has 24 heavy (non-hydrogen) atoms. The number of hydrogen-bond donors (Lipinski definition) is 2. The van der Waals surface area contributed by atoms with Gasteiger partial charge in [-0.25, -0.2) is 0 Å². The number of nitrogens with one attached hydrogen (secondary N) is 2. The zero-order valence-electron chi connectivity index (χ0n) is 14.9. The lowest BCUT2D eigenvalue weighted by Crippen LogP contribution is -2.15. The minimum atomic E-state index is 0.0920. The van der Waals surface area contributed by atoms with Gasteiger partial charge in [0.05, 0.1) is 0 Å². The van der Waals surface area contributed by atoms with E-state index in [1.165, 1.54) is 5.56 Å². The summed E-state index contributed by atoms with van der Waals surface area (Å²) in [7, 11) is 0. The van der Waals surface area contributed by atoms with Gasteiger partial charge in [-0.15, -0.1) is 0 Å². The number of hydrogen-bond acceptors (Lipinski definition) is 2. The highest BCUT2D eigenvalue weighted by molar-refractivity contribution is 5.91. The molecule has 0 fully saturated rings. The van der Waals surface area contributed by atoms with E-state index in [0.717, 1.165) is 24.2 Å². The van der Waals surface area contributed by atoms with Gasteiger partial charge in [0.15, 0.2) is 0 Å². The Balaban J connectivity index is 1.87. The summed E-state index contributed by atoms with van der Waals surface area (Å²) in [6, 6.07) is 18.5. The Bertz CT molecular complexity index is 622. The molecule has 0 aliphatic rings. The molecule has 2 atom stereocenters. The van der Waals surface area contributed by atoms with Gasteiger partial charge in [-0.1, -0.05) is 57.0 Å². The van der Waals surface area contributed by atoms with E-state index in [2.05, 4.69) is 43.5 Å². The van der Waals surface area contributed by atoms with Gasteiger partial charge in [-0.2, -0.15) is 0 Å². The molecule has 0 heterocycles. The normalized spacial score (nSPS) is 13.1. The Hall–Kier alpha value is -2.29. The minimum absolute atomic E-state index is 0.0920. The van der Waals surface area contributed by atoms with Crippen LogP contribution in [0.1, 0.15) is 51.6 Å². The van der Waals surface area contributed by atoms with E-state index in [9.17, 15) is 4.79 Å². The van der Waals surface area contributed by atoms with E-state index in [1.807, 2.05) is 42.5 Å². The molecule has 0 spiro atoms. The Morgan fingerprint density at radius 2 is 1.58 bits per heavy atom. The maximum atomic E-state index is 12.0. The lowest BCUT2D eigenvalue weighted by atomic mass is 10.0. The van der Waals surface area contributed by atoms with Crippen LogP contribution in [-0.2, 0) is 4.79 Å². The van der Waals surface area contributed by atoms with Gasteiger partial charge >= 0.3 is 0 Å². The van der Waals surface area contributed by atoms with Crippen LogP contribution in [0.2, 0.25) is 0 Å². The number of anilines is 2. The molecular weight excluding hydrogens is 296 g/mol. The van der Waals surface area contributed by atoms with Crippen molar-refractivity contribution in [1.29, 1.82) is 0 Å². The van der Waals surface area contributed by atoms with E-state index in [-0.39, 0.29) is 11.9 Å². The minimum Gasteiger partial charge on any atom is -0.379 e. The lowest BCUT2D eigenvalue weighted by molar-refractivity contribution is -0.117. The monoisotopic (exact) mass is 324 g/mol. The first-order valence-corrected chi connectivity index (χ1v) is 8.80. The fraction of sp³-hybridized carbons (Fsp3) is 0.381. The van der Waals surface area contributed by atoms with Gasteiger partial charge in [0.2, 0.25) is 5.91 Å². The number of rotatable bonds is 8. The van der Waals surface area contributed by atoms with Crippen molar-refractivity contribution >= 4 is 17.3 Å². The van der Waals surface area contributed by atoms with Crippen molar-refractivity contribution in [2.24, 2.45) is 5.92 Å². The largest absolute Gasteiger partial charge is 0.379 e. The Kier molecular flexibility index (Phi) is 6.86. The fourth-order valence-electron chi connectivity index (χ4n) is 2.85. The van der Waals surface area contributed by atoms with Crippen molar-refractivity contribution < 1.29 is 4.79 Å². The molecule has 2 N–H and O–H groups in total. The summed E-state index contributed by atoms with van der Waals surface area (Å²) in [6.07, 6.45) is 2.79. The molecule has 128 valence electrons. The summed E-state index contributed by atoms with van der Waals surface area (Å²) < 4.78 is 0. The van der Waals surface area contributed by atoms with Gasteiger partial charge < -0.3 is 10.6 Å². The molecule has 2 rings (SSSR count). The van der Waals surface area contributed by atoms with Gasteiger partial charge in [-0.05, 0) is 42.7 Å². The number of carbonyl (C=O) groups excluding carboxylic acids is 1. The van der Waals surface area contributed by atoms with Crippen LogP contribution in [-0.4, -0.2) is 5.91 Å². The molecule has 2 unspecified atom stereocenters. The molecule has 0 bridgehead atoms. The third-order valence-electron chi connectivity index (χ3n) is 4.17. The highest BCUT2D eigenvalue weighted by Gasteiger charge is 2.09. The summed E-state index contributed by atoms with van der Waals surface area (Å²) in [6.45, 7) is 6.41. The van der Waals surface area contributed by atoms with E-state index in [0.29, 0.717) is 12.3 Å². The average molecular weight is 324 g/mol. The predicted octanol–water partition coefficient (Wildman–Crippen LogP) is 5.62. The third kappa shape index (κ3) is 5.73. The van der Waals surface area contributed by atoms with Crippen molar-refractivity contribution in [3.05, 3.63) is 60.2 Å². The van der Waals surface area contributed by atoms with Gasteiger partial charge in [0.25, 0.3) is 0 Å². The molecule has 0 saturated heterocycles. The Labute approximate surface area is 145 Å². The second-order valence-electron chi connectivity index (χ2n) is 6.50. The van der Waals surface area contributed by atoms with E-state index in [4.69, 9.17) is 0 Å². The molecule has 2 aromatic carbocycles. The molecular formula is C21H28N2O. The zero-order chi connectivity index (χ0) is 17.4. The predicted molar refractivity (Wildman–Crippen MR) is 102 cm³/mol. The SMILES string of the molecule is CCCC(C)CC(=O)Nc1ccc(NC(C)c2ccccc2)cc1. The zero-order valence-corrected chi connectivity index (χ0v) is 14.9. The first kappa shape index (κ1) is 18.1. The molecule has 0 radical (unpaired) electrons. The molecule has 0 saturated carbocycles. The topological polar surface area (TPSA) is 41.1 Å². The van der Waals surface area contributed by atoms with Crippen molar-refractivity contribution in [2.75, 3.05) is 10.6 Å². The van der Waals surface area contributed by atoms with Crippen molar-refractivity contribution in [2.45, 2.75) is 46.1 Å². The maximum Gasteiger partial charge on any atom is 0.224 e. The third-order valence-corrected chi connectivity index (χ3v) is 4.17. The number of amides is 1. The first-order chi connectivity index (χ1) is 11.6. The van der Waals surface area contributed by atoms with Crippen LogP contribution in [0.15, 0.2) is 54.6 Å². The molecule has 1 amide bonds. The van der Waals surface area contributed by atoms with Crippen molar-refractivity contribution in [3.8, 4) is 0 Å². The quantitative estimate of drug-likeness (QED) is 0.661. The Morgan fingerprint density at radius 3 is 2.21 bits per heavy atom. The van der Waals surface area contributed by atoms with Crippen LogP contribution in [0, 0.1) is 5.92 Å². The molecule has 3 heteroatoms. The van der Waals surface area contributed by atoms with Crippen LogP contribution in [0.5, 0.6) is 0 Å². The van der Waals surface area contributed by atoms with Crippen LogP contribution >= 0.6 is 0 Å². The summed E-state index contributed by atoms with van der Waals surface area (Å²) in [5.41, 5.74) is 3.14. The van der Waals surface area contributed by atoms with Crippen LogP contribution in [0.4, 0.5) is 11.4 Å². The smallest absolute Gasteiger partial charge is 0.224 e. The van der Waals surface area contributed by atoms with Crippen LogP contribution in [0.25, 0.3) is 0 Å². The molecule has 2 aromatic rings. The van der Waals surface area contributed by atoms with Crippen LogP contribution in [0.3, 0.4) is 0 Å². The van der Waals surface area contributed by atoms with Crippen molar-refractivity contribution in [3.63, 3.8) is 0 Å². The Morgan fingerprint density at radius 1 is 0.958 bits per heavy atom. The fourth-order valence-corrected chi connectivity index (χ4v) is 2.85. The van der Waals surface area contributed by atoms with E-state index >= 15 is 0 Å². The summed E-state index contributed by atoms with van der Waals surface area (Å²) in [5, 5.41) is 6.45. The second-order valence-corrected chi connectivity index (χ2v) is 6.50.